The summed E-state index contributed by atoms with van der Waals surface area (Å²) in [6.07, 6.45) is 1.68. The maximum absolute atomic E-state index is 11.0. The van der Waals surface area contributed by atoms with Gasteiger partial charge in [-0.2, -0.15) is 0 Å². The van der Waals surface area contributed by atoms with Gasteiger partial charge in [0.2, 0.25) is 0 Å². The molecule has 0 radical (unpaired) electrons. The van der Waals surface area contributed by atoms with E-state index in [2.05, 4.69) is 11.8 Å². The normalized spacial score (nSPS) is 31.4. The maximum Gasteiger partial charge on any atom is 0.310 e. The van der Waals surface area contributed by atoms with Gasteiger partial charge in [0.25, 0.3) is 0 Å². The number of nitrogens with zero attached hydrogens (tertiary/aromatic N) is 1. The zero-order valence-electron chi connectivity index (χ0n) is 8.53. The molecule has 2 rings (SSSR count). The molecule has 0 unspecified atom stereocenters. The third-order valence-electron chi connectivity index (χ3n) is 3.32. The van der Waals surface area contributed by atoms with Crippen molar-refractivity contribution in [2.24, 2.45) is 5.41 Å². The predicted molar refractivity (Wildman–Crippen MR) is 51.2 cm³/mol. The van der Waals surface area contributed by atoms with E-state index in [0.717, 1.165) is 32.6 Å². The van der Waals surface area contributed by atoms with Gasteiger partial charge < -0.3 is 9.84 Å². The molecule has 1 aliphatic carbocycles. The molecule has 2 fully saturated rings. The fourth-order valence-electron chi connectivity index (χ4n) is 1.98. The molecule has 0 aromatic rings. The molecular weight excluding hydrogens is 182 g/mol. The molecule has 0 aromatic heterocycles. The Kier molecular flexibility index (Phi) is 2.49. The zero-order chi connectivity index (χ0) is 10.2. The summed E-state index contributed by atoms with van der Waals surface area (Å²) in [5.74, 6) is -0.629. The highest BCUT2D eigenvalue weighted by Crippen LogP contribution is 2.46. The van der Waals surface area contributed by atoms with Gasteiger partial charge in [-0.05, 0) is 19.8 Å². The number of aliphatic carboxylic acids is 1. The second-order valence-corrected chi connectivity index (χ2v) is 4.48. The van der Waals surface area contributed by atoms with Crippen LogP contribution in [0, 0.1) is 5.41 Å². The van der Waals surface area contributed by atoms with E-state index >= 15 is 0 Å². The van der Waals surface area contributed by atoms with Crippen LogP contribution < -0.4 is 0 Å². The molecule has 1 heterocycles. The Hall–Kier alpha value is -0.610. The van der Waals surface area contributed by atoms with Crippen molar-refractivity contribution >= 4 is 5.97 Å². The molecule has 4 nitrogen and oxygen atoms in total. The average Bonchev–Trinajstić information content (AvgIpc) is 2.90. The second-order valence-electron chi connectivity index (χ2n) is 4.48. The second kappa shape index (κ2) is 3.51. The van der Waals surface area contributed by atoms with Gasteiger partial charge in [-0.15, -0.1) is 0 Å². The summed E-state index contributed by atoms with van der Waals surface area (Å²) in [7, 11) is 0. The van der Waals surface area contributed by atoms with E-state index in [1.54, 1.807) is 0 Å². The number of morpholine rings is 1. The summed E-state index contributed by atoms with van der Waals surface area (Å²) >= 11 is 0. The molecule has 14 heavy (non-hydrogen) atoms. The summed E-state index contributed by atoms with van der Waals surface area (Å²) in [4.78, 5) is 13.2. The van der Waals surface area contributed by atoms with Crippen molar-refractivity contribution in [1.82, 2.24) is 4.90 Å². The van der Waals surface area contributed by atoms with Gasteiger partial charge in [0, 0.05) is 19.1 Å². The fourth-order valence-corrected chi connectivity index (χ4v) is 1.98. The number of carbonyl (C=O) groups is 1. The van der Waals surface area contributed by atoms with Gasteiger partial charge in [-0.1, -0.05) is 0 Å². The smallest absolute Gasteiger partial charge is 0.310 e. The molecule has 0 amide bonds. The van der Waals surface area contributed by atoms with Crippen LogP contribution in [-0.4, -0.2) is 48.3 Å². The summed E-state index contributed by atoms with van der Waals surface area (Å²) in [5, 5.41) is 9.06. The number of carboxylic acid groups (broad SMARTS) is 1. The van der Waals surface area contributed by atoms with Gasteiger partial charge in [-0.3, -0.25) is 9.69 Å². The SMILES string of the molecule is C[C@@H]1COCCN1CC1(C(=O)O)CC1. The minimum Gasteiger partial charge on any atom is -0.481 e. The van der Waals surface area contributed by atoms with Gasteiger partial charge in [0.05, 0.1) is 18.6 Å². The van der Waals surface area contributed by atoms with Crippen LogP contribution >= 0.6 is 0 Å². The molecule has 2 aliphatic rings. The highest BCUT2D eigenvalue weighted by Gasteiger charge is 2.51. The Morgan fingerprint density at radius 2 is 2.36 bits per heavy atom. The lowest BCUT2D eigenvalue weighted by molar-refractivity contribution is -0.145. The topological polar surface area (TPSA) is 49.8 Å². The first-order valence-electron chi connectivity index (χ1n) is 5.19. The Labute approximate surface area is 83.8 Å². The number of rotatable bonds is 3. The molecule has 0 aromatic carbocycles. The van der Waals surface area contributed by atoms with Crippen molar-refractivity contribution < 1.29 is 14.6 Å². The molecule has 1 aliphatic heterocycles. The standard InChI is InChI=1S/C10H17NO3/c1-8-6-14-5-4-11(8)7-10(2-3-10)9(12)13/h8H,2-7H2,1H3,(H,12,13)/t8-/m1/s1. The highest BCUT2D eigenvalue weighted by molar-refractivity contribution is 5.78. The molecule has 1 N–H and O–H groups in total. The van der Waals surface area contributed by atoms with E-state index in [9.17, 15) is 4.79 Å². The molecule has 4 heteroatoms. The van der Waals surface area contributed by atoms with Crippen molar-refractivity contribution in [1.29, 1.82) is 0 Å². The van der Waals surface area contributed by atoms with Crippen LogP contribution in [0.15, 0.2) is 0 Å². The minimum atomic E-state index is -0.629. The lowest BCUT2D eigenvalue weighted by atomic mass is 10.1. The number of hydrogen-bond acceptors (Lipinski definition) is 3. The van der Waals surface area contributed by atoms with Crippen molar-refractivity contribution in [3.05, 3.63) is 0 Å². The van der Waals surface area contributed by atoms with Crippen LogP contribution in [0.1, 0.15) is 19.8 Å². The average molecular weight is 199 g/mol. The largest absolute Gasteiger partial charge is 0.481 e. The first kappa shape index (κ1) is 9.93. The summed E-state index contributed by atoms with van der Waals surface area (Å²) in [6.45, 7) is 5.13. The Morgan fingerprint density at radius 1 is 1.64 bits per heavy atom. The first-order valence-corrected chi connectivity index (χ1v) is 5.19. The molecule has 1 saturated heterocycles. The van der Waals surface area contributed by atoms with Gasteiger partial charge in [-0.25, -0.2) is 0 Å². The highest BCUT2D eigenvalue weighted by atomic mass is 16.5. The van der Waals surface area contributed by atoms with Gasteiger partial charge >= 0.3 is 5.97 Å². The van der Waals surface area contributed by atoms with E-state index < -0.39 is 11.4 Å². The van der Waals surface area contributed by atoms with E-state index in [1.165, 1.54) is 0 Å². The van der Waals surface area contributed by atoms with Crippen molar-refractivity contribution in [2.45, 2.75) is 25.8 Å². The van der Waals surface area contributed by atoms with Gasteiger partial charge in [0.15, 0.2) is 0 Å². The van der Waals surface area contributed by atoms with Crippen molar-refractivity contribution in [2.75, 3.05) is 26.3 Å². The van der Waals surface area contributed by atoms with E-state index in [0.29, 0.717) is 12.6 Å². The van der Waals surface area contributed by atoms with Crippen LogP contribution in [0.2, 0.25) is 0 Å². The number of hydrogen-bond donors (Lipinski definition) is 1. The van der Waals surface area contributed by atoms with Crippen LogP contribution in [0.5, 0.6) is 0 Å². The molecule has 1 saturated carbocycles. The number of ether oxygens (including phenoxy) is 1. The van der Waals surface area contributed by atoms with E-state index in [1.807, 2.05) is 0 Å². The molecule has 0 bridgehead atoms. The maximum atomic E-state index is 11.0. The first-order chi connectivity index (χ1) is 6.64. The summed E-state index contributed by atoms with van der Waals surface area (Å²) in [5.41, 5.74) is -0.425. The van der Waals surface area contributed by atoms with Crippen LogP contribution in [0.3, 0.4) is 0 Å². The Morgan fingerprint density at radius 3 is 2.86 bits per heavy atom. The predicted octanol–water partition coefficient (Wildman–Crippen LogP) is 0.572. The van der Waals surface area contributed by atoms with Crippen molar-refractivity contribution in [3.63, 3.8) is 0 Å². The van der Waals surface area contributed by atoms with Crippen LogP contribution in [0.25, 0.3) is 0 Å². The van der Waals surface area contributed by atoms with Crippen LogP contribution in [0.4, 0.5) is 0 Å². The van der Waals surface area contributed by atoms with Crippen molar-refractivity contribution in [3.8, 4) is 0 Å². The zero-order valence-corrected chi connectivity index (χ0v) is 8.53. The monoisotopic (exact) mass is 199 g/mol. The lowest BCUT2D eigenvalue weighted by Crippen LogP contribution is -2.47. The summed E-state index contributed by atoms with van der Waals surface area (Å²) in [6, 6.07) is 0.362. The van der Waals surface area contributed by atoms with Gasteiger partial charge in [0.1, 0.15) is 0 Å². The lowest BCUT2D eigenvalue weighted by Gasteiger charge is -2.34. The molecule has 0 spiro atoms. The Bertz CT molecular complexity index is 238. The quantitative estimate of drug-likeness (QED) is 0.722. The Balaban J connectivity index is 1.93. The summed E-state index contributed by atoms with van der Waals surface area (Å²) < 4.78 is 5.32. The fraction of sp³-hybridized carbons (Fsp3) is 0.900. The van der Waals surface area contributed by atoms with E-state index in [-0.39, 0.29) is 0 Å². The molecule has 80 valence electrons. The van der Waals surface area contributed by atoms with E-state index in [4.69, 9.17) is 9.84 Å². The number of carboxylic acids is 1. The molecule has 1 atom stereocenters. The third kappa shape index (κ3) is 1.77. The van der Waals surface area contributed by atoms with Crippen LogP contribution in [-0.2, 0) is 9.53 Å². The third-order valence-corrected chi connectivity index (χ3v) is 3.32. The molecular formula is C10H17NO3. The minimum absolute atomic E-state index is 0.362.